The summed E-state index contributed by atoms with van der Waals surface area (Å²) in [4.78, 5) is 10.9. The normalized spacial score (nSPS) is 13.0. The number of methoxy groups -OCH3 is 1. The highest BCUT2D eigenvalue weighted by Crippen LogP contribution is 2.39. The van der Waals surface area contributed by atoms with Gasteiger partial charge in [-0.05, 0) is 35.4 Å². The molecule has 26 heavy (non-hydrogen) atoms. The van der Waals surface area contributed by atoms with Gasteiger partial charge in [0.1, 0.15) is 5.75 Å². The van der Waals surface area contributed by atoms with E-state index in [0.29, 0.717) is 11.8 Å². The van der Waals surface area contributed by atoms with Crippen LogP contribution in [0.25, 0.3) is 6.08 Å². The van der Waals surface area contributed by atoms with Crippen LogP contribution in [0.1, 0.15) is 27.4 Å². The average Bonchev–Trinajstić information content (AvgIpc) is 2.58. The van der Waals surface area contributed by atoms with Crippen LogP contribution in [0.2, 0.25) is 10.0 Å². The fraction of sp³-hybridized carbons (Fsp3) is 0.167. The Morgan fingerprint density at radius 1 is 1.12 bits per heavy atom. The Balaban J connectivity index is 2.44. The number of aldehydes is 1. The van der Waals surface area contributed by atoms with Crippen molar-refractivity contribution in [2.24, 2.45) is 0 Å². The van der Waals surface area contributed by atoms with E-state index in [2.05, 4.69) is 0 Å². The summed E-state index contributed by atoms with van der Waals surface area (Å²) >= 11 is 11.2. The largest absolute Gasteiger partial charge is 0.496 e. The fourth-order valence-electron chi connectivity index (χ4n) is 2.30. The standard InChI is InChI=1S/C18H12Cl2F4O2/c1-26-16-6-10(2-4-11(16)9-25)3-5-13(18(22,23)24)12-7-14(19)17(21)15(20)8-12/h2-9,13H,1H3/b5-3+. The summed E-state index contributed by atoms with van der Waals surface area (Å²) in [6.07, 6.45) is -1.95. The van der Waals surface area contributed by atoms with Crippen molar-refractivity contribution in [1.82, 2.24) is 0 Å². The SMILES string of the molecule is COc1cc(/C=C/C(c2cc(Cl)c(F)c(Cl)c2)C(F)(F)F)ccc1C=O. The maximum Gasteiger partial charge on any atom is 0.399 e. The highest BCUT2D eigenvalue weighted by molar-refractivity contribution is 6.35. The highest BCUT2D eigenvalue weighted by Gasteiger charge is 2.39. The van der Waals surface area contributed by atoms with E-state index in [-0.39, 0.29) is 16.9 Å². The van der Waals surface area contributed by atoms with Crippen molar-refractivity contribution in [3.05, 3.63) is 69.0 Å². The Bertz CT molecular complexity index is 825. The number of carbonyl (C=O) groups is 1. The van der Waals surface area contributed by atoms with Crippen LogP contribution in [0, 0.1) is 5.82 Å². The molecule has 0 saturated heterocycles. The third kappa shape index (κ3) is 4.56. The van der Waals surface area contributed by atoms with Crippen LogP contribution >= 0.6 is 23.2 Å². The molecule has 2 nitrogen and oxygen atoms in total. The van der Waals surface area contributed by atoms with Crippen LogP contribution in [0.3, 0.4) is 0 Å². The van der Waals surface area contributed by atoms with Crippen molar-refractivity contribution < 1.29 is 27.1 Å². The third-order valence-electron chi connectivity index (χ3n) is 3.58. The number of halogens is 6. The molecule has 0 bridgehead atoms. The van der Waals surface area contributed by atoms with Crippen LogP contribution in [-0.2, 0) is 0 Å². The minimum atomic E-state index is -4.65. The van der Waals surface area contributed by atoms with Gasteiger partial charge in [-0.1, -0.05) is 41.4 Å². The monoisotopic (exact) mass is 406 g/mol. The van der Waals surface area contributed by atoms with Crippen LogP contribution < -0.4 is 4.74 Å². The molecule has 0 aliphatic carbocycles. The maximum absolute atomic E-state index is 13.5. The molecule has 0 N–H and O–H groups in total. The van der Waals surface area contributed by atoms with Gasteiger partial charge in [-0.15, -0.1) is 0 Å². The molecule has 2 aromatic carbocycles. The lowest BCUT2D eigenvalue weighted by atomic mass is 9.96. The molecule has 1 unspecified atom stereocenters. The summed E-state index contributed by atoms with van der Waals surface area (Å²) in [7, 11) is 1.34. The molecule has 0 amide bonds. The lowest BCUT2D eigenvalue weighted by molar-refractivity contribution is -0.139. The molecule has 2 aromatic rings. The van der Waals surface area contributed by atoms with E-state index in [1.165, 1.54) is 31.4 Å². The van der Waals surface area contributed by atoms with Gasteiger partial charge in [-0.2, -0.15) is 13.2 Å². The molecule has 0 saturated carbocycles. The summed E-state index contributed by atoms with van der Waals surface area (Å²) in [5.74, 6) is -2.79. The molecule has 2 rings (SSSR count). The number of allylic oxidation sites excluding steroid dienone is 1. The van der Waals surface area contributed by atoms with E-state index < -0.39 is 28.0 Å². The molecule has 0 fully saturated rings. The molecule has 0 aliphatic heterocycles. The summed E-state index contributed by atoms with van der Waals surface area (Å²) < 4.78 is 58.8. The zero-order chi connectivity index (χ0) is 19.5. The van der Waals surface area contributed by atoms with Crippen molar-refractivity contribution in [3.63, 3.8) is 0 Å². The number of benzene rings is 2. The number of carbonyl (C=O) groups excluding carboxylic acids is 1. The van der Waals surface area contributed by atoms with E-state index in [0.717, 1.165) is 18.2 Å². The third-order valence-corrected chi connectivity index (χ3v) is 4.13. The van der Waals surface area contributed by atoms with E-state index in [4.69, 9.17) is 27.9 Å². The molecule has 0 radical (unpaired) electrons. The first-order chi connectivity index (χ1) is 12.2. The van der Waals surface area contributed by atoms with Gasteiger partial charge < -0.3 is 4.74 Å². The first kappa shape index (κ1) is 20.3. The van der Waals surface area contributed by atoms with Crippen LogP contribution in [0.5, 0.6) is 5.75 Å². The Kier molecular flexibility index (Phi) is 6.31. The molecular formula is C18H12Cl2F4O2. The number of alkyl halides is 3. The Labute approximate surface area is 157 Å². The van der Waals surface area contributed by atoms with Crippen molar-refractivity contribution in [2.45, 2.75) is 12.1 Å². The number of ether oxygens (including phenoxy) is 1. The number of rotatable bonds is 5. The van der Waals surface area contributed by atoms with Crippen LogP contribution in [0.4, 0.5) is 17.6 Å². The van der Waals surface area contributed by atoms with Crippen molar-refractivity contribution in [1.29, 1.82) is 0 Å². The van der Waals surface area contributed by atoms with Gasteiger partial charge in [0, 0.05) is 0 Å². The van der Waals surface area contributed by atoms with E-state index in [1.54, 1.807) is 0 Å². The van der Waals surface area contributed by atoms with Crippen molar-refractivity contribution in [3.8, 4) is 5.75 Å². The molecule has 0 aliphatic rings. The molecular weight excluding hydrogens is 395 g/mol. The highest BCUT2D eigenvalue weighted by atomic mass is 35.5. The van der Waals surface area contributed by atoms with Gasteiger partial charge >= 0.3 is 6.18 Å². The maximum atomic E-state index is 13.5. The second-order valence-electron chi connectivity index (χ2n) is 5.30. The molecule has 0 spiro atoms. The molecule has 1 atom stereocenters. The second-order valence-corrected chi connectivity index (χ2v) is 6.11. The van der Waals surface area contributed by atoms with Gasteiger partial charge in [0.2, 0.25) is 0 Å². The van der Waals surface area contributed by atoms with E-state index in [9.17, 15) is 22.4 Å². The summed E-state index contributed by atoms with van der Waals surface area (Å²) in [5, 5.41) is -0.987. The summed E-state index contributed by atoms with van der Waals surface area (Å²) in [6.45, 7) is 0. The Hall–Kier alpha value is -2.05. The van der Waals surface area contributed by atoms with Gasteiger partial charge in [-0.25, -0.2) is 4.39 Å². The van der Waals surface area contributed by atoms with E-state index in [1.807, 2.05) is 0 Å². The zero-order valence-electron chi connectivity index (χ0n) is 13.3. The smallest absolute Gasteiger partial charge is 0.399 e. The van der Waals surface area contributed by atoms with Gasteiger partial charge in [0.25, 0.3) is 0 Å². The van der Waals surface area contributed by atoms with Crippen LogP contribution in [-0.4, -0.2) is 19.6 Å². The first-order valence-corrected chi connectivity index (χ1v) is 7.95. The molecule has 8 heteroatoms. The molecule has 0 aromatic heterocycles. The van der Waals surface area contributed by atoms with Crippen LogP contribution in [0.15, 0.2) is 36.4 Å². The molecule has 138 valence electrons. The average molecular weight is 407 g/mol. The minimum Gasteiger partial charge on any atom is -0.496 e. The Morgan fingerprint density at radius 3 is 2.23 bits per heavy atom. The zero-order valence-corrected chi connectivity index (χ0v) is 14.8. The summed E-state index contributed by atoms with van der Waals surface area (Å²) in [5.41, 5.74) is 0.372. The Morgan fingerprint density at radius 2 is 1.73 bits per heavy atom. The fourth-order valence-corrected chi connectivity index (χ4v) is 2.80. The van der Waals surface area contributed by atoms with Gasteiger partial charge in [0.05, 0.1) is 28.6 Å². The predicted molar refractivity (Wildman–Crippen MR) is 92.6 cm³/mol. The predicted octanol–water partition coefficient (Wildman–Crippen LogP) is 6.31. The number of hydrogen-bond acceptors (Lipinski definition) is 2. The second kappa shape index (κ2) is 8.10. The summed E-state index contributed by atoms with van der Waals surface area (Å²) in [6, 6.07) is 6.11. The lowest BCUT2D eigenvalue weighted by Gasteiger charge is -2.18. The van der Waals surface area contributed by atoms with Gasteiger partial charge in [-0.3, -0.25) is 4.79 Å². The minimum absolute atomic E-state index is 0.235. The quantitative estimate of drug-likeness (QED) is 0.330. The topological polar surface area (TPSA) is 26.3 Å². The number of hydrogen-bond donors (Lipinski definition) is 0. The van der Waals surface area contributed by atoms with E-state index >= 15 is 0 Å². The van der Waals surface area contributed by atoms with Gasteiger partial charge in [0.15, 0.2) is 12.1 Å². The lowest BCUT2D eigenvalue weighted by Crippen LogP contribution is -2.19. The first-order valence-electron chi connectivity index (χ1n) is 7.20. The van der Waals surface area contributed by atoms with Crippen molar-refractivity contribution in [2.75, 3.05) is 7.11 Å². The van der Waals surface area contributed by atoms with Crippen molar-refractivity contribution >= 4 is 35.6 Å². The molecule has 0 heterocycles.